The molecule has 104 valence electrons. The Labute approximate surface area is 113 Å². The van der Waals surface area contributed by atoms with E-state index in [0.29, 0.717) is 39.4 Å². The van der Waals surface area contributed by atoms with Crippen LogP contribution >= 0.6 is 0 Å². The number of methoxy groups -OCH3 is 1. The summed E-state index contributed by atoms with van der Waals surface area (Å²) in [5.41, 5.74) is 1.11. The first kappa shape index (κ1) is 13.8. The van der Waals surface area contributed by atoms with E-state index < -0.39 is 0 Å². The van der Waals surface area contributed by atoms with Gasteiger partial charge in [0.25, 0.3) is 0 Å². The van der Waals surface area contributed by atoms with Crippen LogP contribution in [0.2, 0.25) is 0 Å². The van der Waals surface area contributed by atoms with Crippen molar-refractivity contribution in [3.63, 3.8) is 0 Å². The molecular formula is C14H20N2O3. The largest absolute Gasteiger partial charge is 0.497 e. The van der Waals surface area contributed by atoms with E-state index in [9.17, 15) is 4.79 Å². The number of nitrogens with one attached hydrogen (secondary N) is 1. The molecule has 0 saturated carbocycles. The number of hydrogen-bond acceptors (Lipinski definition) is 4. The third kappa shape index (κ3) is 4.22. The quantitative estimate of drug-likeness (QED) is 0.848. The summed E-state index contributed by atoms with van der Waals surface area (Å²) in [4.78, 5) is 13.7. The molecule has 1 saturated heterocycles. The summed E-state index contributed by atoms with van der Waals surface area (Å²) in [5, 5.41) is 3.16. The molecule has 1 aromatic rings. The fraction of sp³-hybridized carbons (Fsp3) is 0.500. The number of nitrogens with zero attached hydrogens (tertiary/aromatic N) is 1. The van der Waals surface area contributed by atoms with Crippen molar-refractivity contribution in [1.82, 2.24) is 10.2 Å². The van der Waals surface area contributed by atoms with E-state index >= 15 is 0 Å². The van der Waals surface area contributed by atoms with Crippen LogP contribution in [0, 0.1) is 0 Å². The summed E-state index contributed by atoms with van der Waals surface area (Å²) in [5.74, 6) is 0.963. The molecule has 0 aliphatic carbocycles. The van der Waals surface area contributed by atoms with Crippen molar-refractivity contribution in [1.29, 1.82) is 0 Å². The molecule has 0 atom stereocenters. The number of carbonyl (C=O) groups is 1. The van der Waals surface area contributed by atoms with Gasteiger partial charge in [-0.2, -0.15) is 0 Å². The van der Waals surface area contributed by atoms with E-state index in [-0.39, 0.29) is 5.91 Å². The van der Waals surface area contributed by atoms with Crippen LogP contribution in [0.25, 0.3) is 0 Å². The Bertz CT molecular complexity index is 417. The predicted octanol–water partition coefficient (Wildman–Crippen LogP) is 0.644. The third-order valence-electron chi connectivity index (χ3n) is 3.10. The number of morpholine rings is 1. The van der Waals surface area contributed by atoms with E-state index in [1.54, 1.807) is 7.11 Å². The van der Waals surface area contributed by atoms with Crippen molar-refractivity contribution < 1.29 is 14.3 Å². The Kier molecular flexibility index (Phi) is 5.18. The average Bonchev–Trinajstić information content (AvgIpc) is 2.48. The lowest BCUT2D eigenvalue weighted by atomic mass is 10.2. The summed E-state index contributed by atoms with van der Waals surface area (Å²) < 4.78 is 10.4. The van der Waals surface area contributed by atoms with Crippen molar-refractivity contribution in [3.8, 4) is 5.75 Å². The number of ether oxygens (including phenoxy) is 2. The van der Waals surface area contributed by atoms with Gasteiger partial charge in [0.15, 0.2) is 0 Å². The predicted molar refractivity (Wildman–Crippen MR) is 72.1 cm³/mol. The van der Waals surface area contributed by atoms with Gasteiger partial charge in [-0.3, -0.25) is 4.79 Å². The molecule has 0 aromatic heterocycles. The second kappa shape index (κ2) is 7.11. The Balaban J connectivity index is 1.74. The van der Waals surface area contributed by atoms with Crippen molar-refractivity contribution in [2.45, 2.75) is 6.54 Å². The van der Waals surface area contributed by atoms with E-state index in [2.05, 4.69) is 5.32 Å². The molecule has 1 N–H and O–H groups in total. The fourth-order valence-corrected chi connectivity index (χ4v) is 2.02. The maximum absolute atomic E-state index is 11.9. The summed E-state index contributed by atoms with van der Waals surface area (Å²) in [6.07, 6.45) is 0. The highest BCUT2D eigenvalue weighted by atomic mass is 16.5. The highest BCUT2D eigenvalue weighted by Gasteiger charge is 2.15. The van der Waals surface area contributed by atoms with Crippen LogP contribution in [0.15, 0.2) is 24.3 Å². The van der Waals surface area contributed by atoms with E-state index in [0.717, 1.165) is 11.3 Å². The van der Waals surface area contributed by atoms with Gasteiger partial charge in [-0.15, -0.1) is 0 Å². The highest BCUT2D eigenvalue weighted by Crippen LogP contribution is 2.12. The zero-order valence-corrected chi connectivity index (χ0v) is 11.2. The van der Waals surface area contributed by atoms with Gasteiger partial charge in [0.2, 0.25) is 5.91 Å². The lowest BCUT2D eigenvalue weighted by Crippen LogP contribution is -2.44. The number of carbonyl (C=O) groups excluding carboxylic acids is 1. The lowest BCUT2D eigenvalue weighted by molar-refractivity contribution is -0.134. The first-order chi connectivity index (χ1) is 9.29. The molecule has 1 aliphatic rings. The minimum atomic E-state index is 0.131. The number of rotatable bonds is 5. The minimum absolute atomic E-state index is 0.131. The van der Waals surface area contributed by atoms with Crippen LogP contribution in [-0.4, -0.2) is 50.8 Å². The van der Waals surface area contributed by atoms with Gasteiger partial charge in [-0.1, -0.05) is 12.1 Å². The topological polar surface area (TPSA) is 50.8 Å². The standard InChI is InChI=1S/C14H20N2O3/c1-18-13-4-2-3-12(9-13)10-15-11-14(17)16-5-7-19-8-6-16/h2-4,9,15H,5-8,10-11H2,1H3. The fourth-order valence-electron chi connectivity index (χ4n) is 2.02. The third-order valence-corrected chi connectivity index (χ3v) is 3.10. The Morgan fingerprint density at radius 2 is 2.21 bits per heavy atom. The molecule has 5 nitrogen and oxygen atoms in total. The van der Waals surface area contributed by atoms with Crippen molar-refractivity contribution in [2.75, 3.05) is 40.0 Å². The first-order valence-corrected chi connectivity index (χ1v) is 6.49. The molecule has 1 aromatic carbocycles. The van der Waals surface area contributed by atoms with Crippen molar-refractivity contribution >= 4 is 5.91 Å². The average molecular weight is 264 g/mol. The summed E-state index contributed by atoms with van der Waals surface area (Å²) >= 11 is 0. The molecule has 2 rings (SSSR count). The monoisotopic (exact) mass is 264 g/mol. The van der Waals surface area contributed by atoms with Crippen LogP contribution in [0.5, 0.6) is 5.75 Å². The maximum atomic E-state index is 11.9. The molecule has 1 fully saturated rings. The summed E-state index contributed by atoms with van der Waals surface area (Å²) in [7, 11) is 1.65. The first-order valence-electron chi connectivity index (χ1n) is 6.49. The summed E-state index contributed by atoms with van der Waals surface area (Å²) in [6.45, 7) is 3.69. The summed E-state index contributed by atoms with van der Waals surface area (Å²) in [6, 6.07) is 7.82. The van der Waals surface area contributed by atoms with Gasteiger partial charge in [-0.05, 0) is 17.7 Å². The molecule has 1 amide bonds. The second-order valence-corrected chi connectivity index (χ2v) is 4.45. The molecule has 1 heterocycles. The van der Waals surface area contributed by atoms with Gasteiger partial charge < -0.3 is 19.7 Å². The zero-order valence-electron chi connectivity index (χ0n) is 11.2. The van der Waals surface area contributed by atoms with Crippen LogP contribution in [0.4, 0.5) is 0 Å². The van der Waals surface area contributed by atoms with Gasteiger partial charge in [0, 0.05) is 19.6 Å². The van der Waals surface area contributed by atoms with Crippen LogP contribution < -0.4 is 10.1 Å². The molecule has 0 radical (unpaired) electrons. The van der Waals surface area contributed by atoms with Crippen molar-refractivity contribution in [3.05, 3.63) is 29.8 Å². The Morgan fingerprint density at radius 1 is 1.42 bits per heavy atom. The number of hydrogen-bond donors (Lipinski definition) is 1. The van der Waals surface area contributed by atoms with Gasteiger partial charge in [0.05, 0.1) is 26.9 Å². The van der Waals surface area contributed by atoms with Crippen LogP contribution in [0.1, 0.15) is 5.56 Å². The van der Waals surface area contributed by atoms with Gasteiger partial charge in [-0.25, -0.2) is 0 Å². The number of amides is 1. The normalized spacial score (nSPS) is 15.3. The Hall–Kier alpha value is -1.59. The molecule has 0 bridgehead atoms. The van der Waals surface area contributed by atoms with Crippen molar-refractivity contribution in [2.24, 2.45) is 0 Å². The minimum Gasteiger partial charge on any atom is -0.497 e. The Morgan fingerprint density at radius 3 is 2.95 bits per heavy atom. The smallest absolute Gasteiger partial charge is 0.236 e. The molecular weight excluding hydrogens is 244 g/mol. The zero-order chi connectivity index (χ0) is 13.5. The van der Waals surface area contributed by atoms with E-state index in [1.165, 1.54) is 0 Å². The lowest BCUT2D eigenvalue weighted by Gasteiger charge is -2.26. The molecule has 1 aliphatic heterocycles. The number of benzene rings is 1. The van der Waals surface area contributed by atoms with Crippen LogP contribution in [-0.2, 0) is 16.1 Å². The molecule has 5 heteroatoms. The molecule has 19 heavy (non-hydrogen) atoms. The van der Waals surface area contributed by atoms with Crippen LogP contribution in [0.3, 0.4) is 0 Å². The second-order valence-electron chi connectivity index (χ2n) is 4.45. The SMILES string of the molecule is COc1cccc(CNCC(=O)N2CCOCC2)c1. The van der Waals surface area contributed by atoms with E-state index in [1.807, 2.05) is 29.2 Å². The van der Waals surface area contributed by atoms with Gasteiger partial charge in [0.1, 0.15) is 5.75 Å². The van der Waals surface area contributed by atoms with E-state index in [4.69, 9.17) is 9.47 Å². The maximum Gasteiger partial charge on any atom is 0.236 e. The molecule has 0 spiro atoms. The molecule has 0 unspecified atom stereocenters. The highest BCUT2D eigenvalue weighted by molar-refractivity contribution is 5.78. The van der Waals surface area contributed by atoms with Gasteiger partial charge >= 0.3 is 0 Å².